The lowest BCUT2D eigenvalue weighted by atomic mass is 10.3. The number of aromatic nitrogens is 2. The molecule has 0 aliphatic heterocycles. The lowest BCUT2D eigenvalue weighted by Crippen LogP contribution is -2.33. The maximum atomic E-state index is 10.7. The summed E-state index contributed by atoms with van der Waals surface area (Å²) in [7, 11) is 0. The van der Waals surface area contributed by atoms with Gasteiger partial charge in [-0.3, -0.25) is 0 Å². The topological polar surface area (TPSA) is 112 Å². The van der Waals surface area contributed by atoms with Crippen molar-refractivity contribution in [3.05, 3.63) is 10.9 Å². The molecule has 0 aliphatic rings. The van der Waals surface area contributed by atoms with E-state index in [1.54, 1.807) is 6.92 Å². The smallest absolute Gasteiger partial charge is 0.432 e. The molecule has 0 bridgehead atoms. The van der Waals surface area contributed by atoms with E-state index in [1.165, 1.54) is 0 Å². The predicted molar refractivity (Wildman–Crippen MR) is 38.4 cm³/mol. The molecule has 5 N–H and O–H groups in total. The molecule has 1 heterocycles. The monoisotopic (exact) mass is 156 g/mol. The van der Waals surface area contributed by atoms with Gasteiger partial charge in [0.1, 0.15) is 11.4 Å². The Kier molecular flexibility index (Phi) is 1.45. The van der Waals surface area contributed by atoms with Gasteiger partial charge in [-0.2, -0.15) is 0 Å². The largest absolute Gasteiger partial charge is 0.738 e. The van der Waals surface area contributed by atoms with Crippen LogP contribution in [-0.4, -0.2) is 10.1 Å². The van der Waals surface area contributed by atoms with Crippen LogP contribution in [0.1, 0.15) is 5.69 Å². The first kappa shape index (κ1) is 7.39. The zero-order valence-electron chi connectivity index (χ0n) is 5.90. The summed E-state index contributed by atoms with van der Waals surface area (Å²) in [4.78, 5) is 3.43. The zero-order valence-corrected chi connectivity index (χ0v) is 5.90. The quantitative estimate of drug-likeness (QED) is 0.326. The minimum Gasteiger partial charge on any atom is -0.738 e. The maximum Gasteiger partial charge on any atom is 0.432 e. The van der Waals surface area contributed by atoms with Gasteiger partial charge in [-0.1, -0.05) is 4.98 Å². The molecule has 0 aliphatic carbocycles. The number of anilines is 2. The Morgan fingerprint density at radius 2 is 2.09 bits per heavy atom. The Morgan fingerprint density at radius 3 is 2.64 bits per heavy atom. The van der Waals surface area contributed by atoms with Crippen molar-refractivity contribution in [2.24, 2.45) is 0 Å². The molecular weight excluding hydrogens is 148 g/mol. The first-order valence-electron chi connectivity index (χ1n) is 2.88. The third-order valence-corrected chi connectivity index (χ3v) is 1.33. The molecule has 6 nitrogen and oxygen atoms in total. The standard InChI is InChI=1S/C5H8N4O2/c1-2-3(6)4(7)9(11)5(10)8-2/h6-7H2,1H3,(H,8,10). The fourth-order valence-corrected chi connectivity index (χ4v) is 0.658. The molecule has 1 aromatic heterocycles. The lowest BCUT2D eigenvalue weighted by Gasteiger charge is -2.08. The Hall–Kier alpha value is -1.72. The van der Waals surface area contributed by atoms with Crippen LogP contribution < -0.4 is 16.2 Å². The van der Waals surface area contributed by atoms with Gasteiger partial charge in [0.2, 0.25) is 5.82 Å². The van der Waals surface area contributed by atoms with Gasteiger partial charge in [0, 0.05) is 0 Å². The Labute approximate surface area is 62.7 Å². The summed E-state index contributed by atoms with van der Waals surface area (Å²) >= 11 is 0. The van der Waals surface area contributed by atoms with E-state index in [1.807, 2.05) is 0 Å². The van der Waals surface area contributed by atoms with Crippen LogP contribution in [0.2, 0.25) is 0 Å². The number of hydrogen-bond acceptors (Lipinski definition) is 5. The third-order valence-electron chi connectivity index (χ3n) is 1.33. The van der Waals surface area contributed by atoms with Crippen molar-refractivity contribution < 1.29 is 9.84 Å². The molecule has 0 aromatic carbocycles. The minimum absolute atomic E-state index is 0.0718. The number of rotatable bonds is 0. The van der Waals surface area contributed by atoms with Crippen molar-refractivity contribution in [1.82, 2.24) is 4.98 Å². The first-order chi connectivity index (χ1) is 5.04. The highest BCUT2D eigenvalue weighted by Crippen LogP contribution is 2.14. The summed E-state index contributed by atoms with van der Waals surface area (Å²) in [5.41, 5.74) is 11.0. The van der Waals surface area contributed by atoms with Crippen molar-refractivity contribution >= 4 is 11.5 Å². The van der Waals surface area contributed by atoms with Crippen molar-refractivity contribution in [3.8, 4) is 6.01 Å². The Bertz CT molecular complexity index is 273. The molecule has 0 unspecified atom stereocenters. The average Bonchev–Trinajstić information content (AvgIpc) is 1.97. The van der Waals surface area contributed by atoms with Crippen LogP contribution in [-0.2, 0) is 0 Å². The molecular formula is C5H8N4O2. The van der Waals surface area contributed by atoms with Crippen LogP contribution >= 0.6 is 0 Å². The molecule has 60 valence electrons. The second-order valence-corrected chi connectivity index (χ2v) is 2.09. The second-order valence-electron chi connectivity index (χ2n) is 2.09. The van der Waals surface area contributed by atoms with E-state index in [0.717, 1.165) is 0 Å². The van der Waals surface area contributed by atoms with E-state index in [0.29, 0.717) is 5.69 Å². The summed E-state index contributed by atoms with van der Waals surface area (Å²) in [5, 5.41) is 19.5. The van der Waals surface area contributed by atoms with Gasteiger partial charge < -0.3 is 21.8 Å². The summed E-state index contributed by atoms with van der Waals surface area (Å²) in [6, 6.07) is -0.686. The number of nitrogens with two attached hydrogens (primary N) is 2. The van der Waals surface area contributed by atoms with Crippen LogP contribution in [0.25, 0.3) is 0 Å². The zero-order chi connectivity index (χ0) is 8.59. The molecule has 0 radical (unpaired) electrons. The van der Waals surface area contributed by atoms with Crippen molar-refractivity contribution in [3.63, 3.8) is 0 Å². The molecule has 0 atom stereocenters. The summed E-state index contributed by atoms with van der Waals surface area (Å²) in [6.07, 6.45) is 0. The number of aryl methyl sites for hydroxylation is 1. The van der Waals surface area contributed by atoms with Crippen LogP contribution in [0.15, 0.2) is 0 Å². The third kappa shape index (κ3) is 0.977. The average molecular weight is 156 g/mol. The van der Waals surface area contributed by atoms with Gasteiger partial charge in [-0.05, 0) is 6.92 Å². The van der Waals surface area contributed by atoms with Crippen molar-refractivity contribution in [1.29, 1.82) is 0 Å². The first-order valence-corrected chi connectivity index (χ1v) is 2.88. The molecule has 0 saturated carbocycles. The number of hydrogen-bond donors (Lipinski definition) is 3. The maximum absolute atomic E-state index is 10.7. The van der Waals surface area contributed by atoms with Crippen LogP contribution in [0.4, 0.5) is 11.5 Å². The summed E-state index contributed by atoms with van der Waals surface area (Å²) in [5.74, 6) is -0.227. The SMILES string of the molecule is Cc1nc(O)[n+]([O-])c(N)c1N. The van der Waals surface area contributed by atoms with Crippen molar-refractivity contribution in [2.75, 3.05) is 11.5 Å². The number of nitrogens with zero attached hydrogens (tertiary/aromatic N) is 2. The fraction of sp³-hybridized carbons (Fsp3) is 0.200. The highest BCUT2D eigenvalue weighted by molar-refractivity contribution is 5.57. The molecule has 6 heteroatoms. The summed E-state index contributed by atoms with van der Waals surface area (Å²) in [6.45, 7) is 1.55. The van der Waals surface area contributed by atoms with Gasteiger partial charge in [0.25, 0.3) is 0 Å². The molecule has 0 amide bonds. The number of nitrogen functional groups attached to an aromatic ring is 2. The van der Waals surface area contributed by atoms with Gasteiger partial charge in [-0.15, -0.1) is 0 Å². The van der Waals surface area contributed by atoms with Crippen LogP contribution in [0.3, 0.4) is 0 Å². The Balaban J connectivity index is 3.46. The second kappa shape index (κ2) is 2.15. The molecule has 0 fully saturated rings. The molecule has 11 heavy (non-hydrogen) atoms. The van der Waals surface area contributed by atoms with E-state index < -0.39 is 6.01 Å². The molecule has 1 rings (SSSR count). The van der Waals surface area contributed by atoms with E-state index in [2.05, 4.69) is 4.98 Å². The van der Waals surface area contributed by atoms with E-state index >= 15 is 0 Å². The lowest BCUT2D eigenvalue weighted by molar-refractivity contribution is -0.601. The van der Waals surface area contributed by atoms with E-state index in [4.69, 9.17) is 16.6 Å². The number of aromatic hydroxyl groups is 1. The predicted octanol–water partition coefficient (Wildman–Crippen LogP) is -1.11. The van der Waals surface area contributed by atoms with E-state index in [9.17, 15) is 5.21 Å². The van der Waals surface area contributed by atoms with E-state index in [-0.39, 0.29) is 16.2 Å². The van der Waals surface area contributed by atoms with Gasteiger partial charge >= 0.3 is 6.01 Å². The minimum atomic E-state index is -0.686. The highest BCUT2D eigenvalue weighted by atomic mass is 16.5. The fourth-order valence-electron chi connectivity index (χ4n) is 0.658. The van der Waals surface area contributed by atoms with Gasteiger partial charge in [-0.25, -0.2) is 4.73 Å². The van der Waals surface area contributed by atoms with Crippen molar-refractivity contribution in [2.45, 2.75) is 6.92 Å². The molecule has 1 aromatic rings. The van der Waals surface area contributed by atoms with Gasteiger partial charge in [0.05, 0.1) is 0 Å². The molecule has 0 spiro atoms. The van der Waals surface area contributed by atoms with Crippen LogP contribution in [0.5, 0.6) is 6.01 Å². The van der Waals surface area contributed by atoms with Crippen LogP contribution in [0, 0.1) is 12.1 Å². The highest BCUT2D eigenvalue weighted by Gasteiger charge is 2.13. The van der Waals surface area contributed by atoms with Gasteiger partial charge in [0.15, 0.2) is 0 Å². The summed E-state index contributed by atoms with van der Waals surface area (Å²) < 4.78 is 0.0718. The Morgan fingerprint density at radius 1 is 1.55 bits per heavy atom. The normalized spacial score (nSPS) is 9.91. The molecule has 0 saturated heterocycles.